The SMILES string of the molecule is CCOC(=O)/C(=C/c1ncc([N+](=O)[O-])n1C)C(C)=O.Clc1ccc(CCC(Cn2ccnc2)Sc2c(Cl)cccc2Cl)cc1. The standard InChI is InChI=1S/C19H17Cl3N2S.C11H13N3O5/c20-15-7-4-14(5-8-15)6-9-16(12-24-11-10-23-13-24)25-19-17(21)2-1-3-18(19)22;1-4-19-11(16)8(7(2)15)5-9-12-6-10(13(9)3)14(17)18/h1-5,7-8,10-11,13,16H,6,9,12H2;5-6H,4H2,1-3H3/b;8-5+. The van der Waals surface area contributed by atoms with Gasteiger partial charge in [-0.1, -0.05) is 53.0 Å². The summed E-state index contributed by atoms with van der Waals surface area (Å²) in [4.78, 5) is 41.8. The first-order valence-corrected chi connectivity index (χ1v) is 15.4. The fourth-order valence-corrected chi connectivity index (χ4v) is 5.89. The smallest absolute Gasteiger partial charge is 0.342 e. The highest BCUT2D eigenvalue weighted by Gasteiger charge is 2.21. The lowest BCUT2D eigenvalue weighted by Crippen LogP contribution is -2.14. The van der Waals surface area contributed by atoms with E-state index < -0.39 is 16.7 Å². The quantitative estimate of drug-likeness (QED) is 0.0287. The van der Waals surface area contributed by atoms with Gasteiger partial charge in [0.2, 0.25) is 5.82 Å². The van der Waals surface area contributed by atoms with Crippen molar-refractivity contribution in [1.29, 1.82) is 0 Å². The molecule has 1 atom stereocenters. The van der Waals surface area contributed by atoms with Crippen LogP contribution < -0.4 is 0 Å². The Bertz CT molecular complexity index is 1590. The minimum atomic E-state index is -0.777. The molecule has 232 valence electrons. The second-order valence-corrected chi connectivity index (χ2v) is 11.9. The van der Waals surface area contributed by atoms with Crippen molar-refractivity contribution < 1.29 is 19.2 Å². The summed E-state index contributed by atoms with van der Waals surface area (Å²) in [7, 11) is 1.42. The minimum absolute atomic E-state index is 0.129. The zero-order valence-corrected chi connectivity index (χ0v) is 27.2. The number of ketones is 1. The highest BCUT2D eigenvalue weighted by atomic mass is 35.5. The van der Waals surface area contributed by atoms with Crippen LogP contribution in [0.5, 0.6) is 0 Å². The van der Waals surface area contributed by atoms with Crippen molar-refractivity contribution in [2.24, 2.45) is 7.05 Å². The summed E-state index contributed by atoms with van der Waals surface area (Å²) in [6, 6.07) is 13.6. The Labute approximate surface area is 274 Å². The number of imidazole rings is 2. The number of carbonyl (C=O) groups excluding carboxylic acids is 2. The second kappa shape index (κ2) is 17.0. The third kappa shape index (κ3) is 10.2. The fraction of sp³-hybridized carbons (Fsp3) is 0.267. The van der Waals surface area contributed by atoms with Crippen molar-refractivity contribution in [3.63, 3.8) is 0 Å². The predicted molar refractivity (Wildman–Crippen MR) is 173 cm³/mol. The van der Waals surface area contributed by atoms with Crippen LogP contribution in [0.15, 0.2) is 77.9 Å². The van der Waals surface area contributed by atoms with Crippen LogP contribution in [-0.4, -0.2) is 47.6 Å². The number of halogens is 3. The van der Waals surface area contributed by atoms with Crippen molar-refractivity contribution in [3.05, 3.63) is 110 Å². The van der Waals surface area contributed by atoms with Crippen molar-refractivity contribution >= 4 is 70.2 Å². The van der Waals surface area contributed by atoms with E-state index in [1.54, 1.807) is 24.9 Å². The maximum Gasteiger partial charge on any atom is 0.342 e. The Morgan fingerprint density at radius 3 is 2.36 bits per heavy atom. The van der Waals surface area contributed by atoms with Crippen molar-refractivity contribution in [2.75, 3.05) is 6.61 Å². The number of aryl methyl sites for hydroxylation is 1. The molecule has 1 unspecified atom stereocenters. The molecule has 4 aromatic rings. The van der Waals surface area contributed by atoms with Gasteiger partial charge in [-0.15, -0.1) is 11.8 Å². The monoisotopic (exact) mass is 677 g/mol. The maximum atomic E-state index is 11.6. The molecule has 0 bridgehead atoms. The van der Waals surface area contributed by atoms with Gasteiger partial charge in [0.1, 0.15) is 11.8 Å². The normalized spacial score (nSPS) is 11.8. The molecule has 0 aliphatic heterocycles. The van der Waals surface area contributed by atoms with Crippen LogP contribution in [0, 0.1) is 10.1 Å². The number of carbonyl (C=O) groups is 2. The Balaban J connectivity index is 0.000000251. The van der Waals surface area contributed by atoms with E-state index in [1.165, 1.54) is 30.2 Å². The van der Waals surface area contributed by atoms with E-state index in [0.717, 1.165) is 35.5 Å². The molecular weight excluding hydrogens is 649 g/mol. The summed E-state index contributed by atoms with van der Waals surface area (Å²) in [6.07, 6.45) is 9.79. The van der Waals surface area contributed by atoms with Crippen LogP contribution in [0.3, 0.4) is 0 Å². The number of aromatic nitrogens is 4. The summed E-state index contributed by atoms with van der Waals surface area (Å²) in [5.41, 5.74) is 1.07. The van der Waals surface area contributed by atoms with E-state index in [2.05, 4.69) is 26.7 Å². The van der Waals surface area contributed by atoms with Crippen LogP contribution in [0.25, 0.3) is 6.08 Å². The summed E-state index contributed by atoms with van der Waals surface area (Å²) in [5.74, 6) is -1.38. The number of benzene rings is 2. The van der Waals surface area contributed by atoms with E-state index >= 15 is 0 Å². The fourth-order valence-electron chi connectivity index (χ4n) is 3.92. The number of hydrogen-bond donors (Lipinski definition) is 0. The first-order chi connectivity index (χ1) is 21.0. The maximum absolute atomic E-state index is 11.6. The van der Waals surface area contributed by atoms with Gasteiger partial charge >= 0.3 is 11.8 Å². The molecule has 0 amide bonds. The van der Waals surface area contributed by atoms with E-state index in [0.29, 0.717) is 15.3 Å². The molecule has 0 N–H and O–H groups in total. The lowest BCUT2D eigenvalue weighted by atomic mass is 10.1. The van der Waals surface area contributed by atoms with Crippen molar-refractivity contribution in [1.82, 2.24) is 19.1 Å². The molecule has 0 aliphatic rings. The van der Waals surface area contributed by atoms with E-state index in [9.17, 15) is 19.7 Å². The van der Waals surface area contributed by atoms with Gasteiger partial charge in [-0.05, 0) is 61.4 Å². The largest absolute Gasteiger partial charge is 0.462 e. The van der Waals surface area contributed by atoms with Gasteiger partial charge in [0.15, 0.2) is 5.78 Å². The summed E-state index contributed by atoms with van der Waals surface area (Å²) in [6.45, 7) is 3.80. The molecule has 0 aliphatic carbocycles. The molecule has 10 nitrogen and oxygen atoms in total. The van der Waals surface area contributed by atoms with Crippen LogP contribution in [0.2, 0.25) is 15.1 Å². The third-order valence-electron chi connectivity index (χ3n) is 6.18. The summed E-state index contributed by atoms with van der Waals surface area (Å²) in [5, 5.41) is 13.1. The van der Waals surface area contributed by atoms with Gasteiger partial charge in [-0.2, -0.15) is 0 Å². The topological polar surface area (TPSA) is 122 Å². The summed E-state index contributed by atoms with van der Waals surface area (Å²) < 4.78 is 7.99. The van der Waals surface area contributed by atoms with Crippen molar-refractivity contribution in [3.8, 4) is 0 Å². The lowest BCUT2D eigenvalue weighted by Gasteiger charge is -2.19. The van der Waals surface area contributed by atoms with E-state index in [1.807, 2.05) is 42.9 Å². The van der Waals surface area contributed by atoms with E-state index in [4.69, 9.17) is 39.5 Å². The predicted octanol–water partition coefficient (Wildman–Crippen LogP) is 7.50. The Hall–Kier alpha value is -3.64. The molecule has 44 heavy (non-hydrogen) atoms. The molecule has 0 spiro atoms. The Kier molecular flexibility index (Phi) is 13.5. The average Bonchev–Trinajstić information content (AvgIpc) is 3.62. The Morgan fingerprint density at radius 2 is 1.82 bits per heavy atom. The molecule has 2 aromatic heterocycles. The first-order valence-electron chi connectivity index (χ1n) is 13.4. The molecule has 0 saturated heterocycles. The molecule has 4 rings (SSSR count). The second-order valence-electron chi connectivity index (χ2n) is 9.34. The minimum Gasteiger partial charge on any atom is -0.462 e. The lowest BCUT2D eigenvalue weighted by molar-refractivity contribution is -0.391. The number of ether oxygens (including phenoxy) is 1. The average molecular weight is 679 g/mol. The number of esters is 1. The number of hydrogen-bond acceptors (Lipinski definition) is 8. The van der Waals surface area contributed by atoms with Gasteiger partial charge < -0.3 is 19.4 Å². The number of nitro groups is 1. The van der Waals surface area contributed by atoms with Crippen LogP contribution in [-0.2, 0) is 34.3 Å². The molecule has 0 saturated carbocycles. The Morgan fingerprint density at radius 1 is 1.14 bits per heavy atom. The molecule has 2 heterocycles. The molecule has 2 aromatic carbocycles. The van der Waals surface area contributed by atoms with Gasteiger partial charge in [0.25, 0.3) is 0 Å². The van der Waals surface area contributed by atoms with Crippen LogP contribution >= 0.6 is 46.6 Å². The molecular formula is C30H30Cl3N5O5S. The van der Waals surface area contributed by atoms with Gasteiger partial charge in [-0.25, -0.2) is 19.3 Å². The highest BCUT2D eigenvalue weighted by Crippen LogP contribution is 2.38. The third-order valence-corrected chi connectivity index (χ3v) is 8.68. The number of thioether (sulfide) groups is 1. The number of rotatable bonds is 12. The van der Waals surface area contributed by atoms with Crippen LogP contribution in [0.4, 0.5) is 5.82 Å². The zero-order valence-electron chi connectivity index (χ0n) is 24.2. The first kappa shape index (κ1) is 34.8. The van der Waals surface area contributed by atoms with Gasteiger partial charge in [0, 0.05) is 40.2 Å². The van der Waals surface area contributed by atoms with Gasteiger partial charge in [-0.3, -0.25) is 4.79 Å². The van der Waals surface area contributed by atoms with Crippen molar-refractivity contribution in [2.45, 2.75) is 43.4 Å². The number of Topliss-reactive ketones (excluding diaryl/α,β-unsaturated/α-hetero) is 1. The highest BCUT2D eigenvalue weighted by molar-refractivity contribution is 8.00. The van der Waals surface area contributed by atoms with Crippen LogP contribution in [0.1, 0.15) is 31.7 Å². The summed E-state index contributed by atoms with van der Waals surface area (Å²) >= 11 is 20.4. The molecule has 14 heteroatoms. The van der Waals surface area contributed by atoms with E-state index in [-0.39, 0.29) is 23.8 Å². The molecule has 0 radical (unpaired) electrons. The molecule has 0 fully saturated rings. The van der Waals surface area contributed by atoms with Gasteiger partial charge in [0.05, 0.1) is 30.0 Å². The zero-order chi connectivity index (χ0) is 32.2. The number of nitrogens with zero attached hydrogens (tertiary/aromatic N) is 5.